The fourth-order valence-electron chi connectivity index (χ4n) is 1.76. The van der Waals surface area contributed by atoms with Gasteiger partial charge in [0.25, 0.3) is 0 Å². The van der Waals surface area contributed by atoms with Crippen LogP contribution in [-0.4, -0.2) is 18.0 Å². The van der Waals surface area contributed by atoms with Gasteiger partial charge in [-0.25, -0.2) is 0 Å². The van der Waals surface area contributed by atoms with E-state index in [1.165, 1.54) is 23.5 Å². The molecule has 4 nitrogen and oxygen atoms in total. The number of Topliss-reactive ketones (excluding diaryl/α,β-unsaturated/α-hetero) is 1. The number of carbonyl (C=O) groups is 1. The predicted octanol–water partition coefficient (Wildman–Crippen LogP) is 3.95. The Bertz CT molecular complexity index is 681. The first-order valence-electron chi connectivity index (χ1n) is 6.24. The van der Waals surface area contributed by atoms with Crippen LogP contribution in [0.4, 0.5) is 0 Å². The molecule has 1 heterocycles. The van der Waals surface area contributed by atoms with Crippen molar-refractivity contribution in [2.75, 3.05) is 7.11 Å². The van der Waals surface area contributed by atoms with Gasteiger partial charge in [-0.2, -0.15) is 5.26 Å². The summed E-state index contributed by atoms with van der Waals surface area (Å²) in [6.07, 6.45) is 0. The van der Waals surface area contributed by atoms with Gasteiger partial charge in [0.1, 0.15) is 23.1 Å². The number of nitrogens with zero attached hydrogens (tertiary/aromatic N) is 1. The lowest BCUT2D eigenvalue weighted by Crippen LogP contribution is -2.21. The van der Waals surface area contributed by atoms with Crippen LogP contribution in [-0.2, 0) is 4.79 Å². The summed E-state index contributed by atoms with van der Waals surface area (Å²) in [7, 11) is 1.55. The third kappa shape index (κ3) is 2.89. The molecule has 1 aliphatic rings. The quantitative estimate of drug-likeness (QED) is 0.657. The van der Waals surface area contributed by atoms with Gasteiger partial charge in [-0.05, 0) is 12.1 Å². The molecule has 1 aliphatic heterocycles. The molecule has 1 aromatic carbocycles. The average molecular weight is 321 g/mol. The number of carbonyl (C=O) groups excluding carboxylic acids is 1. The third-order valence-electron chi connectivity index (χ3n) is 2.89. The Hall–Kier alpha value is -1.58. The number of phenolic OH excluding ortho intramolecular Hbond substituents is 1. The fraction of sp³-hybridized carbons (Fsp3) is 0.333. The minimum absolute atomic E-state index is 0.124. The van der Waals surface area contributed by atoms with Crippen molar-refractivity contribution in [3.05, 3.63) is 21.9 Å². The number of methoxy groups -OCH3 is 1. The molecule has 21 heavy (non-hydrogen) atoms. The first-order valence-corrected chi connectivity index (χ1v) is 7.87. The molecular formula is C15H15NO3S2. The second kappa shape index (κ2) is 5.66. The molecule has 110 valence electrons. The van der Waals surface area contributed by atoms with Gasteiger partial charge in [-0.15, -0.1) is 0 Å². The lowest BCUT2D eigenvalue weighted by molar-refractivity contribution is -0.122. The molecule has 0 unspecified atom stereocenters. The zero-order valence-electron chi connectivity index (χ0n) is 12.2. The van der Waals surface area contributed by atoms with E-state index in [4.69, 9.17) is 4.74 Å². The number of phenols is 1. The standard InChI is InChI=1S/C15H15NO3S2/c1-15(2,3)13(18)8(7-16)14-20-11-9(17)5-6-10(19-4)12(11)21-14/h5-6,17H,1-4H3/b14-8-. The normalized spacial score (nSPS) is 16.1. The van der Waals surface area contributed by atoms with E-state index in [0.29, 0.717) is 14.9 Å². The minimum Gasteiger partial charge on any atom is -0.507 e. The van der Waals surface area contributed by atoms with E-state index in [1.807, 2.05) is 6.07 Å². The van der Waals surface area contributed by atoms with Gasteiger partial charge in [0, 0.05) is 5.41 Å². The second-order valence-corrected chi connectivity index (χ2v) is 7.80. The Kier molecular flexibility index (Phi) is 4.26. The Balaban J connectivity index is 2.51. The summed E-state index contributed by atoms with van der Waals surface area (Å²) in [5.41, 5.74) is -0.491. The lowest BCUT2D eigenvalue weighted by atomic mass is 9.87. The molecule has 1 aromatic rings. The van der Waals surface area contributed by atoms with Gasteiger partial charge >= 0.3 is 0 Å². The second-order valence-electron chi connectivity index (χ2n) is 5.50. The van der Waals surface area contributed by atoms with Crippen molar-refractivity contribution in [2.45, 2.75) is 30.6 Å². The molecule has 0 radical (unpaired) electrons. The molecule has 0 aliphatic carbocycles. The van der Waals surface area contributed by atoms with Crippen molar-refractivity contribution in [1.82, 2.24) is 0 Å². The summed E-state index contributed by atoms with van der Waals surface area (Å²) in [6, 6.07) is 5.22. The maximum atomic E-state index is 12.4. The number of nitriles is 1. The van der Waals surface area contributed by atoms with Gasteiger partial charge in [-0.1, -0.05) is 44.3 Å². The van der Waals surface area contributed by atoms with E-state index in [-0.39, 0.29) is 17.1 Å². The number of hydrogen-bond acceptors (Lipinski definition) is 6. The summed E-state index contributed by atoms with van der Waals surface area (Å²) in [5, 5.41) is 19.3. The number of ether oxygens (including phenoxy) is 1. The topological polar surface area (TPSA) is 70.3 Å². The molecule has 1 N–H and O–H groups in total. The van der Waals surface area contributed by atoms with Crippen LogP contribution >= 0.6 is 23.5 Å². The van der Waals surface area contributed by atoms with Crippen molar-refractivity contribution in [3.63, 3.8) is 0 Å². The SMILES string of the molecule is COc1ccc(O)c2c1S/C(=C(/C#N)C(=O)C(C)(C)C)S2. The predicted molar refractivity (Wildman–Crippen MR) is 83.5 cm³/mol. The molecule has 2 rings (SSSR count). The summed E-state index contributed by atoms with van der Waals surface area (Å²) in [4.78, 5) is 13.7. The van der Waals surface area contributed by atoms with Crippen LogP contribution in [0.5, 0.6) is 11.5 Å². The van der Waals surface area contributed by atoms with Crippen LogP contribution in [0.25, 0.3) is 0 Å². The smallest absolute Gasteiger partial charge is 0.180 e. The van der Waals surface area contributed by atoms with Crippen molar-refractivity contribution < 1.29 is 14.6 Å². The highest BCUT2D eigenvalue weighted by Crippen LogP contribution is 2.58. The number of benzene rings is 1. The molecule has 0 fully saturated rings. The molecular weight excluding hydrogens is 306 g/mol. The van der Waals surface area contributed by atoms with Gasteiger partial charge in [0.2, 0.25) is 0 Å². The van der Waals surface area contributed by atoms with E-state index >= 15 is 0 Å². The fourth-order valence-corrected chi connectivity index (χ4v) is 4.35. The maximum Gasteiger partial charge on any atom is 0.180 e. The summed E-state index contributed by atoms with van der Waals surface area (Å²) >= 11 is 2.53. The number of aromatic hydroxyl groups is 1. The average Bonchev–Trinajstić information content (AvgIpc) is 2.84. The number of thioether (sulfide) groups is 2. The van der Waals surface area contributed by atoms with Gasteiger partial charge in [0.15, 0.2) is 5.78 Å². The van der Waals surface area contributed by atoms with Crippen LogP contribution in [0.15, 0.2) is 31.7 Å². The van der Waals surface area contributed by atoms with E-state index in [2.05, 4.69) is 0 Å². The molecule has 0 bridgehead atoms. The van der Waals surface area contributed by atoms with Crippen molar-refractivity contribution in [3.8, 4) is 17.6 Å². The Labute approximate surface area is 132 Å². The van der Waals surface area contributed by atoms with Crippen LogP contribution < -0.4 is 4.74 Å². The lowest BCUT2D eigenvalue weighted by Gasteiger charge is -2.16. The molecule has 0 aromatic heterocycles. The van der Waals surface area contributed by atoms with E-state index in [0.717, 1.165) is 4.90 Å². The Morgan fingerprint density at radius 2 is 1.90 bits per heavy atom. The first-order chi connectivity index (χ1) is 9.79. The van der Waals surface area contributed by atoms with E-state index in [1.54, 1.807) is 40.0 Å². The Morgan fingerprint density at radius 1 is 1.29 bits per heavy atom. The first kappa shape index (κ1) is 15.8. The number of rotatable bonds is 2. The van der Waals surface area contributed by atoms with E-state index in [9.17, 15) is 15.2 Å². The maximum absolute atomic E-state index is 12.4. The van der Waals surface area contributed by atoms with Crippen LogP contribution in [0.3, 0.4) is 0 Å². The molecule has 6 heteroatoms. The minimum atomic E-state index is -0.625. The highest BCUT2D eigenvalue weighted by molar-refractivity contribution is 8.24. The summed E-state index contributed by atoms with van der Waals surface area (Å²) < 4.78 is 5.86. The molecule has 0 saturated heterocycles. The molecule has 0 spiro atoms. The number of ketones is 1. The number of fused-ring (bicyclic) bond motifs is 1. The van der Waals surface area contributed by atoms with Gasteiger partial charge in [0.05, 0.1) is 21.1 Å². The molecule has 0 saturated carbocycles. The van der Waals surface area contributed by atoms with Crippen molar-refractivity contribution >= 4 is 29.3 Å². The number of allylic oxidation sites excluding steroid dienone is 1. The number of hydrogen-bond donors (Lipinski definition) is 1. The molecule has 0 atom stereocenters. The van der Waals surface area contributed by atoms with Crippen LogP contribution in [0.1, 0.15) is 20.8 Å². The third-order valence-corrected chi connectivity index (χ3v) is 5.52. The zero-order valence-corrected chi connectivity index (χ0v) is 13.8. The van der Waals surface area contributed by atoms with Crippen LogP contribution in [0, 0.1) is 16.7 Å². The summed E-state index contributed by atoms with van der Waals surface area (Å²) in [5.74, 6) is 0.542. The van der Waals surface area contributed by atoms with Gasteiger partial charge in [-0.3, -0.25) is 4.79 Å². The van der Waals surface area contributed by atoms with Gasteiger partial charge < -0.3 is 9.84 Å². The highest BCUT2D eigenvalue weighted by Gasteiger charge is 2.33. The van der Waals surface area contributed by atoms with Crippen LogP contribution in [0.2, 0.25) is 0 Å². The Morgan fingerprint density at radius 3 is 2.43 bits per heavy atom. The highest BCUT2D eigenvalue weighted by atomic mass is 32.2. The van der Waals surface area contributed by atoms with Crippen molar-refractivity contribution in [2.24, 2.45) is 5.41 Å². The monoisotopic (exact) mass is 321 g/mol. The molecule has 0 amide bonds. The van der Waals surface area contributed by atoms with Crippen molar-refractivity contribution in [1.29, 1.82) is 5.26 Å². The largest absolute Gasteiger partial charge is 0.507 e. The van der Waals surface area contributed by atoms with E-state index < -0.39 is 5.41 Å². The zero-order chi connectivity index (χ0) is 15.8. The summed E-state index contributed by atoms with van der Waals surface area (Å²) in [6.45, 7) is 5.34.